The molecular weight excluding hydrogens is 510 g/mol. The van der Waals surface area contributed by atoms with Gasteiger partial charge in [-0.2, -0.15) is 0 Å². The van der Waals surface area contributed by atoms with Gasteiger partial charge in [0.05, 0.1) is 41.6 Å². The summed E-state index contributed by atoms with van der Waals surface area (Å²) in [7, 11) is 3.05. The molecule has 1 aliphatic rings. The van der Waals surface area contributed by atoms with Crippen LogP contribution in [0.4, 0.5) is 5.69 Å². The molecule has 11 heteroatoms. The van der Waals surface area contributed by atoms with Gasteiger partial charge in [-0.15, -0.1) is 0 Å². The van der Waals surface area contributed by atoms with Gasteiger partial charge in [-0.05, 0) is 55.3 Å². The lowest BCUT2D eigenvalue weighted by Crippen LogP contribution is -2.40. The average Bonchev–Trinajstić information content (AvgIpc) is 3.22. The number of carbonyl (C=O) groups excluding carboxylic acids is 1. The molecule has 0 aliphatic carbocycles. The molecule has 1 atom stereocenters. The van der Waals surface area contributed by atoms with Crippen LogP contribution in [-0.4, -0.2) is 36.3 Å². The summed E-state index contributed by atoms with van der Waals surface area (Å²) in [6, 6.07) is 10.2. The first kappa shape index (κ1) is 26.8. The third kappa shape index (κ3) is 5.10. The van der Waals surface area contributed by atoms with Crippen LogP contribution in [-0.2, 0) is 9.53 Å². The Hall–Kier alpha value is -4.25. The smallest absolute Gasteiger partial charge is 0.338 e. The monoisotopic (exact) mass is 537 g/mol. The number of rotatable bonds is 9. The van der Waals surface area contributed by atoms with Gasteiger partial charge in [0.15, 0.2) is 4.80 Å². The fraction of sp³-hybridized carbons (Fsp3) is 0.296. The number of methoxy groups -OCH3 is 2. The molecule has 1 aliphatic heterocycles. The summed E-state index contributed by atoms with van der Waals surface area (Å²) in [5.74, 6) is 0.450. The maximum atomic E-state index is 13.8. The number of benzene rings is 2. The molecule has 0 spiro atoms. The number of ether oxygens (including phenoxy) is 3. The Bertz CT molecular complexity index is 1590. The minimum absolute atomic E-state index is 0.0444. The molecule has 0 bridgehead atoms. The van der Waals surface area contributed by atoms with E-state index in [1.54, 1.807) is 43.3 Å². The summed E-state index contributed by atoms with van der Waals surface area (Å²) < 4.78 is 18.3. The molecule has 0 saturated heterocycles. The van der Waals surface area contributed by atoms with E-state index in [0.717, 1.165) is 6.42 Å². The Morgan fingerprint density at radius 2 is 1.89 bits per heavy atom. The van der Waals surface area contributed by atoms with Gasteiger partial charge in [-0.1, -0.05) is 24.7 Å². The normalized spacial score (nSPS) is 15.1. The first-order valence-corrected chi connectivity index (χ1v) is 12.8. The van der Waals surface area contributed by atoms with Gasteiger partial charge in [0.2, 0.25) is 0 Å². The number of nitro groups is 1. The number of esters is 1. The SMILES string of the molecule is CCCC1=C(C(=O)OCC)[C@@H](c2cc(OC)ccc2OC)n2c(s/c(=C\c3ccc([N+](=O)[O-])cc3)c2=O)=N1. The highest BCUT2D eigenvalue weighted by molar-refractivity contribution is 7.07. The van der Waals surface area contributed by atoms with E-state index in [-0.39, 0.29) is 23.4 Å². The van der Waals surface area contributed by atoms with Gasteiger partial charge in [-0.25, -0.2) is 9.79 Å². The lowest BCUT2D eigenvalue weighted by molar-refractivity contribution is -0.384. The standard InChI is InChI=1S/C27H27N3O7S/c1-5-7-20-23(26(32)37-6-2)24(19-15-18(35-3)12-13-21(19)36-4)29-25(31)22(38-27(29)28-20)14-16-8-10-17(11-9-16)30(33)34/h8-15,24H,5-7H2,1-4H3/b22-14-/t24-/m1/s1. The molecule has 1 aromatic heterocycles. The van der Waals surface area contributed by atoms with E-state index in [9.17, 15) is 19.7 Å². The molecule has 0 unspecified atom stereocenters. The Labute approximate surface area is 222 Å². The van der Waals surface area contributed by atoms with Crippen LogP contribution in [0.15, 0.2) is 63.5 Å². The van der Waals surface area contributed by atoms with Gasteiger partial charge in [-0.3, -0.25) is 19.5 Å². The molecule has 0 N–H and O–H groups in total. The molecule has 3 aromatic rings. The van der Waals surface area contributed by atoms with Crippen molar-refractivity contribution in [1.29, 1.82) is 0 Å². The molecule has 38 heavy (non-hydrogen) atoms. The highest BCUT2D eigenvalue weighted by Crippen LogP contribution is 2.38. The summed E-state index contributed by atoms with van der Waals surface area (Å²) in [5, 5.41) is 11.0. The highest BCUT2D eigenvalue weighted by Gasteiger charge is 2.36. The van der Waals surface area contributed by atoms with Crippen LogP contribution < -0.4 is 24.4 Å². The number of nitrogens with zero attached hydrogens (tertiary/aromatic N) is 3. The summed E-state index contributed by atoms with van der Waals surface area (Å²) >= 11 is 1.18. The fourth-order valence-corrected chi connectivity index (χ4v) is 5.33. The zero-order valence-corrected chi connectivity index (χ0v) is 22.2. The highest BCUT2D eigenvalue weighted by atomic mass is 32.1. The van der Waals surface area contributed by atoms with E-state index in [2.05, 4.69) is 0 Å². The van der Waals surface area contributed by atoms with E-state index >= 15 is 0 Å². The minimum atomic E-state index is -0.865. The van der Waals surface area contributed by atoms with Crippen molar-refractivity contribution in [2.75, 3.05) is 20.8 Å². The quantitative estimate of drug-likeness (QED) is 0.233. The van der Waals surface area contributed by atoms with Crippen LogP contribution in [0, 0.1) is 10.1 Å². The number of nitro benzene ring substituents is 1. The van der Waals surface area contributed by atoms with E-state index in [4.69, 9.17) is 19.2 Å². The van der Waals surface area contributed by atoms with Crippen LogP contribution in [0.25, 0.3) is 6.08 Å². The maximum absolute atomic E-state index is 13.8. The Balaban J connectivity index is 2.01. The molecular formula is C27H27N3O7S. The summed E-state index contributed by atoms with van der Waals surface area (Å²) in [6.07, 6.45) is 2.88. The van der Waals surface area contributed by atoms with Crippen molar-refractivity contribution in [1.82, 2.24) is 4.57 Å². The van der Waals surface area contributed by atoms with Crippen molar-refractivity contribution in [2.45, 2.75) is 32.7 Å². The molecule has 2 aromatic carbocycles. The molecule has 10 nitrogen and oxygen atoms in total. The number of fused-ring (bicyclic) bond motifs is 1. The summed E-state index contributed by atoms with van der Waals surface area (Å²) in [6.45, 7) is 3.86. The van der Waals surface area contributed by atoms with Crippen LogP contribution >= 0.6 is 11.3 Å². The zero-order chi connectivity index (χ0) is 27.4. The summed E-state index contributed by atoms with van der Waals surface area (Å²) in [4.78, 5) is 42.9. The van der Waals surface area contributed by atoms with Crippen molar-refractivity contribution < 1.29 is 23.9 Å². The van der Waals surface area contributed by atoms with Gasteiger partial charge in [0, 0.05) is 17.7 Å². The molecule has 0 saturated carbocycles. The number of carbonyl (C=O) groups is 1. The molecule has 2 heterocycles. The molecule has 198 valence electrons. The second kappa shape index (κ2) is 11.4. The topological polar surface area (TPSA) is 122 Å². The van der Waals surface area contributed by atoms with Crippen LogP contribution in [0.3, 0.4) is 0 Å². The van der Waals surface area contributed by atoms with Crippen molar-refractivity contribution in [3.8, 4) is 11.5 Å². The largest absolute Gasteiger partial charge is 0.497 e. The van der Waals surface area contributed by atoms with Crippen molar-refractivity contribution in [3.05, 3.63) is 94.7 Å². The first-order chi connectivity index (χ1) is 18.3. The molecule has 0 radical (unpaired) electrons. The fourth-order valence-electron chi connectivity index (χ4n) is 4.31. The third-order valence-electron chi connectivity index (χ3n) is 6.03. The zero-order valence-electron chi connectivity index (χ0n) is 21.4. The second-order valence-corrected chi connectivity index (χ2v) is 9.38. The second-order valence-electron chi connectivity index (χ2n) is 8.37. The predicted octanol–water partition coefficient (Wildman–Crippen LogP) is 3.50. The molecule has 0 fully saturated rings. The van der Waals surface area contributed by atoms with Gasteiger partial charge >= 0.3 is 5.97 Å². The lowest BCUT2D eigenvalue weighted by atomic mass is 9.93. The van der Waals surface area contributed by atoms with Crippen LogP contribution in [0.2, 0.25) is 0 Å². The average molecular weight is 538 g/mol. The van der Waals surface area contributed by atoms with Crippen LogP contribution in [0.1, 0.15) is 43.9 Å². The van der Waals surface area contributed by atoms with Gasteiger partial charge in [0.1, 0.15) is 17.5 Å². The van der Waals surface area contributed by atoms with E-state index in [1.165, 1.54) is 42.3 Å². The Morgan fingerprint density at radius 3 is 2.50 bits per heavy atom. The number of thiazole rings is 1. The minimum Gasteiger partial charge on any atom is -0.497 e. The van der Waals surface area contributed by atoms with E-state index in [1.807, 2.05) is 6.92 Å². The van der Waals surface area contributed by atoms with E-state index in [0.29, 0.717) is 44.1 Å². The van der Waals surface area contributed by atoms with Crippen molar-refractivity contribution >= 4 is 29.1 Å². The number of allylic oxidation sites excluding steroid dienone is 1. The third-order valence-corrected chi connectivity index (χ3v) is 7.01. The predicted molar refractivity (Wildman–Crippen MR) is 142 cm³/mol. The number of non-ortho nitro benzene ring substituents is 1. The molecule has 4 rings (SSSR count). The van der Waals surface area contributed by atoms with E-state index < -0.39 is 16.9 Å². The molecule has 0 amide bonds. The number of hydrogen-bond donors (Lipinski definition) is 0. The van der Waals surface area contributed by atoms with Crippen molar-refractivity contribution in [3.63, 3.8) is 0 Å². The lowest BCUT2D eigenvalue weighted by Gasteiger charge is -2.27. The Kier molecular flexibility index (Phi) is 8.06. The number of hydrogen-bond acceptors (Lipinski definition) is 9. The number of aromatic nitrogens is 1. The maximum Gasteiger partial charge on any atom is 0.338 e. The van der Waals surface area contributed by atoms with Crippen molar-refractivity contribution in [2.24, 2.45) is 4.99 Å². The van der Waals surface area contributed by atoms with Gasteiger partial charge < -0.3 is 14.2 Å². The van der Waals surface area contributed by atoms with Crippen LogP contribution in [0.5, 0.6) is 11.5 Å². The first-order valence-electron chi connectivity index (χ1n) is 12.0. The van der Waals surface area contributed by atoms with Gasteiger partial charge in [0.25, 0.3) is 11.2 Å². The summed E-state index contributed by atoms with van der Waals surface area (Å²) in [5.41, 5.74) is 1.59. The Morgan fingerprint density at radius 1 is 1.16 bits per heavy atom.